The summed E-state index contributed by atoms with van der Waals surface area (Å²) in [6.07, 6.45) is 1.50. The van der Waals surface area contributed by atoms with E-state index < -0.39 is 11.4 Å². The monoisotopic (exact) mass is 507 g/mol. The number of rotatable bonds is 7. The van der Waals surface area contributed by atoms with E-state index in [-0.39, 0.29) is 35.4 Å². The minimum atomic E-state index is -0.451. The quantitative estimate of drug-likeness (QED) is 0.398. The molecule has 0 saturated heterocycles. The summed E-state index contributed by atoms with van der Waals surface area (Å²) in [4.78, 5) is 37.3. The van der Waals surface area contributed by atoms with Crippen LogP contribution in [0.3, 0.4) is 0 Å². The van der Waals surface area contributed by atoms with Crippen molar-refractivity contribution in [3.05, 3.63) is 81.5 Å². The molecule has 0 spiro atoms. The maximum Gasteiger partial charge on any atom is 0.263 e. The first kappa shape index (κ1) is 25.5. The molecule has 0 saturated carbocycles. The zero-order valence-corrected chi connectivity index (χ0v) is 21.3. The first-order chi connectivity index (χ1) is 17.1. The van der Waals surface area contributed by atoms with Gasteiger partial charge in [-0.1, -0.05) is 29.8 Å². The standard InChI is InChI=1S/C27H27ClFN5O2/c1-16(2)31-24(35)15-34-26(18-6-5-7-20(28)11-18)32-25-22(27(34)36)12-19(13-30-25)21-10-17(14-33(3)4)8-9-23(21)29/h5-13,16H,14-15H2,1-4H3,(H,31,35). The molecule has 0 unspecified atom stereocenters. The Morgan fingerprint density at radius 2 is 1.92 bits per heavy atom. The molecule has 0 bridgehead atoms. The number of hydrogen-bond acceptors (Lipinski definition) is 5. The van der Waals surface area contributed by atoms with Crippen molar-refractivity contribution in [2.24, 2.45) is 0 Å². The van der Waals surface area contributed by atoms with Crippen molar-refractivity contribution >= 4 is 28.5 Å². The van der Waals surface area contributed by atoms with Gasteiger partial charge >= 0.3 is 0 Å². The molecule has 1 amide bonds. The van der Waals surface area contributed by atoms with Crippen LogP contribution in [0.5, 0.6) is 0 Å². The van der Waals surface area contributed by atoms with Crippen molar-refractivity contribution < 1.29 is 9.18 Å². The third-order valence-corrected chi connectivity index (χ3v) is 5.72. The lowest BCUT2D eigenvalue weighted by Gasteiger charge is -2.15. The summed E-state index contributed by atoms with van der Waals surface area (Å²) < 4.78 is 16.1. The molecule has 7 nitrogen and oxygen atoms in total. The van der Waals surface area contributed by atoms with Gasteiger partial charge in [-0.15, -0.1) is 0 Å². The predicted molar refractivity (Wildman–Crippen MR) is 140 cm³/mol. The van der Waals surface area contributed by atoms with Crippen LogP contribution < -0.4 is 10.9 Å². The van der Waals surface area contributed by atoms with Crippen LogP contribution in [0, 0.1) is 5.82 Å². The van der Waals surface area contributed by atoms with E-state index in [1.54, 1.807) is 42.5 Å². The zero-order valence-electron chi connectivity index (χ0n) is 20.5. The van der Waals surface area contributed by atoms with E-state index in [9.17, 15) is 14.0 Å². The van der Waals surface area contributed by atoms with Crippen molar-refractivity contribution in [1.29, 1.82) is 0 Å². The van der Waals surface area contributed by atoms with Crippen molar-refractivity contribution in [3.8, 4) is 22.5 Å². The lowest BCUT2D eigenvalue weighted by Crippen LogP contribution is -2.37. The Bertz CT molecular complexity index is 1500. The summed E-state index contributed by atoms with van der Waals surface area (Å²) in [6, 6.07) is 13.3. The fourth-order valence-electron chi connectivity index (χ4n) is 4.02. The SMILES string of the molecule is CC(C)NC(=O)Cn1c(-c2cccc(Cl)c2)nc2ncc(-c3cc(CN(C)C)ccc3F)cc2c1=O. The third-order valence-electron chi connectivity index (χ3n) is 5.48. The fourth-order valence-corrected chi connectivity index (χ4v) is 4.21. The number of nitrogens with one attached hydrogen (secondary N) is 1. The summed E-state index contributed by atoms with van der Waals surface area (Å²) in [5.74, 6) is -0.477. The second-order valence-corrected chi connectivity index (χ2v) is 9.64. The number of carbonyl (C=O) groups excluding carboxylic acids is 1. The normalized spacial score (nSPS) is 11.4. The van der Waals surface area contributed by atoms with Gasteiger partial charge in [0.2, 0.25) is 5.91 Å². The molecule has 4 aromatic rings. The molecule has 0 fully saturated rings. The summed E-state index contributed by atoms with van der Waals surface area (Å²) in [7, 11) is 3.86. The van der Waals surface area contributed by atoms with E-state index in [4.69, 9.17) is 11.6 Å². The first-order valence-electron chi connectivity index (χ1n) is 11.5. The molecular formula is C27H27ClFN5O2. The van der Waals surface area contributed by atoms with Gasteiger partial charge in [0.15, 0.2) is 5.65 Å². The van der Waals surface area contributed by atoms with Gasteiger partial charge in [0.05, 0.1) is 5.39 Å². The van der Waals surface area contributed by atoms with Crippen molar-refractivity contribution in [1.82, 2.24) is 24.8 Å². The van der Waals surface area contributed by atoms with Crippen LogP contribution in [0.1, 0.15) is 19.4 Å². The van der Waals surface area contributed by atoms with E-state index in [1.807, 2.05) is 32.8 Å². The lowest BCUT2D eigenvalue weighted by atomic mass is 10.0. The van der Waals surface area contributed by atoms with Gasteiger partial charge in [-0.05, 0) is 63.8 Å². The Morgan fingerprint density at radius 3 is 2.61 bits per heavy atom. The number of benzene rings is 2. The highest BCUT2D eigenvalue weighted by molar-refractivity contribution is 6.30. The molecule has 1 N–H and O–H groups in total. The summed E-state index contributed by atoms with van der Waals surface area (Å²) in [6.45, 7) is 4.08. The Morgan fingerprint density at radius 1 is 1.14 bits per heavy atom. The van der Waals surface area contributed by atoms with Gasteiger partial charge < -0.3 is 10.2 Å². The number of hydrogen-bond donors (Lipinski definition) is 1. The number of aromatic nitrogens is 3. The molecule has 0 aliphatic heterocycles. The number of pyridine rings is 1. The number of carbonyl (C=O) groups is 1. The molecular weight excluding hydrogens is 481 g/mol. The summed E-state index contributed by atoms with van der Waals surface area (Å²) in [5.41, 5.74) is 2.04. The Balaban J connectivity index is 1.89. The van der Waals surface area contributed by atoms with Crippen LogP contribution in [0.2, 0.25) is 5.02 Å². The highest BCUT2D eigenvalue weighted by atomic mass is 35.5. The van der Waals surface area contributed by atoms with Crippen LogP contribution in [0.4, 0.5) is 4.39 Å². The molecule has 2 aromatic carbocycles. The second-order valence-electron chi connectivity index (χ2n) is 9.21. The molecule has 0 aliphatic carbocycles. The first-order valence-corrected chi connectivity index (χ1v) is 11.9. The van der Waals surface area contributed by atoms with E-state index in [0.717, 1.165) is 5.56 Å². The van der Waals surface area contributed by atoms with Gasteiger partial charge in [-0.2, -0.15) is 0 Å². The average Bonchev–Trinajstić information content (AvgIpc) is 2.81. The molecule has 36 heavy (non-hydrogen) atoms. The van der Waals surface area contributed by atoms with Crippen molar-refractivity contribution in [3.63, 3.8) is 0 Å². The van der Waals surface area contributed by atoms with E-state index >= 15 is 0 Å². The Labute approximate surface area is 213 Å². The van der Waals surface area contributed by atoms with Gasteiger partial charge in [0.25, 0.3) is 5.56 Å². The lowest BCUT2D eigenvalue weighted by molar-refractivity contribution is -0.122. The molecule has 0 atom stereocenters. The third kappa shape index (κ3) is 5.61. The fraction of sp³-hybridized carbons (Fsp3) is 0.259. The Kier molecular flexibility index (Phi) is 7.47. The zero-order chi connectivity index (χ0) is 26.0. The molecule has 9 heteroatoms. The molecule has 186 valence electrons. The minimum Gasteiger partial charge on any atom is -0.352 e. The van der Waals surface area contributed by atoms with Crippen LogP contribution in [0.15, 0.2) is 59.5 Å². The number of halogens is 2. The summed E-state index contributed by atoms with van der Waals surface area (Å²) in [5, 5.41) is 3.46. The summed E-state index contributed by atoms with van der Waals surface area (Å²) >= 11 is 6.18. The van der Waals surface area contributed by atoms with Crippen LogP contribution in [-0.4, -0.2) is 45.5 Å². The smallest absolute Gasteiger partial charge is 0.263 e. The largest absolute Gasteiger partial charge is 0.352 e. The predicted octanol–water partition coefficient (Wildman–Crippen LogP) is 4.50. The average molecular weight is 508 g/mol. The van der Waals surface area contributed by atoms with Gasteiger partial charge in [0.1, 0.15) is 18.2 Å². The molecule has 0 aliphatic rings. The van der Waals surface area contributed by atoms with Crippen LogP contribution in [0.25, 0.3) is 33.5 Å². The maximum absolute atomic E-state index is 14.8. The minimum absolute atomic E-state index is 0.0954. The number of fused-ring (bicyclic) bond motifs is 1. The second kappa shape index (κ2) is 10.6. The highest BCUT2D eigenvalue weighted by Gasteiger charge is 2.18. The molecule has 0 radical (unpaired) electrons. The van der Waals surface area contributed by atoms with Gasteiger partial charge in [-0.25, -0.2) is 14.4 Å². The highest BCUT2D eigenvalue weighted by Crippen LogP contribution is 2.27. The van der Waals surface area contributed by atoms with Crippen LogP contribution >= 0.6 is 11.6 Å². The molecule has 4 rings (SSSR count). The maximum atomic E-state index is 14.8. The van der Waals surface area contributed by atoms with E-state index in [2.05, 4.69) is 15.3 Å². The van der Waals surface area contributed by atoms with Crippen molar-refractivity contribution in [2.45, 2.75) is 33.0 Å². The van der Waals surface area contributed by atoms with E-state index in [0.29, 0.717) is 28.3 Å². The number of amides is 1. The molecule has 2 aromatic heterocycles. The van der Waals surface area contributed by atoms with Crippen molar-refractivity contribution in [2.75, 3.05) is 14.1 Å². The van der Waals surface area contributed by atoms with Gasteiger partial charge in [0, 0.05) is 40.5 Å². The van der Waals surface area contributed by atoms with Crippen LogP contribution in [-0.2, 0) is 17.9 Å². The van der Waals surface area contributed by atoms with Gasteiger partial charge in [-0.3, -0.25) is 14.2 Å². The van der Waals surface area contributed by atoms with E-state index in [1.165, 1.54) is 16.8 Å². The number of nitrogens with zero attached hydrogens (tertiary/aromatic N) is 4. The topological polar surface area (TPSA) is 80.1 Å². The molecule has 2 heterocycles. The Hall–Kier alpha value is -3.62.